The van der Waals surface area contributed by atoms with Gasteiger partial charge in [0.05, 0.1) is 34.5 Å². The fraction of sp³-hybridized carbons (Fsp3) is 0.115. The number of pyridine rings is 1. The lowest BCUT2D eigenvalue weighted by Gasteiger charge is -2.16. The topological polar surface area (TPSA) is 121 Å². The van der Waals surface area contributed by atoms with Gasteiger partial charge in [0.15, 0.2) is 6.10 Å². The minimum Gasteiger partial charge on any atom is -0.495 e. The molecule has 9 nitrogen and oxygen atoms in total. The lowest BCUT2D eigenvalue weighted by Crippen LogP contribution is -2.30. The number of benzene rings is 3. The molecule has 0 unspecified atom stereocenters. The van der Waals surface area contributed by atoms with Gasteiger partial charge in [0.1, 0.15) is 5.75 Å². The van der Waals surface area contributed by atoms with Crippen LogP contribution in [-0.4, -0.2) is 35.0 Å². The quantitative estimate of drug-likeness (QED) is 0.229. The Morgan fingerprint density at radius 2 is 1.71 bits per heavy atom. The van der Waals surface area contributed by atoms with Crippen LogP contribution in [-0.2, 0) is 9.53 Å². The first-order chi connectivity index (χ1) is 16.9. The number of amides is 1. The first-order valence-electron chi connectivity index (χ1n) is 10.7. The number of hydrogen-bond donors (Lipinski definition) is 1. The molecule has 0 aliphatic rings. The molecule has 1 atom stereocenters. The highest BCUT2D eigenvalue weighted by atomic mass is 16.6. The number of ether oxygens (including phenoxy) is 2. The van der Waals surface area contributed by atoms with Gasteiger partial charge < -0.3 is 14.8 Å². The molecule has 0 aliphatic carbocycles. The van der Waals surface area contributed by atoms with Crippen molar-refractivity contribution in [3.63, 3.8) is 0 Å². The third kappa shape index (κ3) is 5.09. The van der Waals surface area contributed by atoms with Crippen LogP contribution >= 0.6 is 0 Å². The molecule has 1 amide bonds. The van der Waals surface area contributed by atoms with Crippen molar-refractivity contribution in [2.75, 3.05) is 12.4 Å². The number of esters is 1. The molecular formula is C26H21N3O6. The van der Waals surface area contributed by atoms with Crippen LogP contribution in [0.2, 0.25) is 0 Å². The Bertz CT molecular complexity index is 1420. The molecule has 1 N–H and O–H groups in total. The second-order valence-electron chi connectivity index (χ2n) is 7.62. The number of nitrogens with zero attached hydrogens (tertiary/aromatic N) is 2. The van der Waals surface area contributed by atoms with E-state index in [9.17, 15) is 19.7 Å². The van der Waals surface area contributed by atoms with Crippen molar-refractivity contribution in [2.24, 2.45) is 0 Å². The fourth-order valence-electron chi connectivity index (χ4n) is 3.52. The van der Waals surface area contributed by atoms with Crippen molar-refractivity contribution >= 4 is 34.2 Å². The van der Waals surface area contributed by atoms with Crippen LogP contribution in [0.3, 0.4) is 0 Å². The highest BCUT2D eigenvalue weighted by Crippen LogP contribution is 2.29. The van der Waals surface area contributed by atoms with E-state index >= 15 is 0 Å². The fourth-order valence-corrected chi connectivity index (χ4v) is 3.52. The van der Waals surface area contributed by atoms with Gasteiger partial charge in [-0.3, -0.25) is 14.9 Å². The highest BCUT2D eigenvalue weighted by molar-refractivity contribution is 6.06. The number of methoxy groups -OCH3 is 1. The van der Waals surface area contributed by atoms with Gasteiger partial charge in [-0.2, -0.15) is 0 Å². The van der Waals surface area contributed by atoms with E-state index in [4.69, 9.17) is 9.47 Å². The first kappa shape index (κ1) is 23.4. The number of fused-ring (bicyclic) bond motifs is 1. The van der Waals surface area contributed by atoms with E-state index in [1.807, 2.05) is 36.4 Å². The Morgan fingerprint density at radius 3 is 2.43 bits per heavy atom. The minimum absolute atomic E-state index is 0.0929. The molecule has 1 aromatic heterocycles. The summed E-state index contributed by atoms with van der Waals surface area (Å²) in [5.41, 5.74) is 2.17. The number of carbonyl (C=O) groups excluding carboxylic acids is 2. The van der Waals surface area contributed by atoms with Gasteiger partial charge in [-0.05, 0) is 25.1 Å². The molecule has 176 valence electrons. The third-order valence-electron chi connectivity index (χ3n) is 5.31. The summed E-state index contributed by atoms with van der Waals surface area (Å²) in [6.45, 7) is 1.42. The molecule has 9 heteroatoms. The van der Waals surface area contributed by atoms with E-state index in [-0.39, 0.29) is 22.7 Å². The summed E-state index contributed by atoms with van der Waals surface area (Å²) >= 11 is 0. The van der Waals surface area contributed by atoms with Crippen LogP contribution in [0.5, 0.6) is 5.75 Å². The first-order valence-corrected chi connectivity index (χ1v) is 10.7. The molecule has 4 aromatic rings. The van der Waals surface area contributed by atoms with E-state index in [1.165, 1.54) is 32.2 Å². The average molecular weight is 471 g/mol. The monoisotopic (exact) mass is 471 g/mol. The maximum absolute atomic E-state index is 13.1. The number of para-hydroxylation sites is 1. The zero-order valence-electron chi connectivity index (χ0n) is 18.9. The molecule has 0 fully saturated rings. The Balaban J connectivity index is 1.59. The van der Waals surface area contributed by atoms with Gasteiger partial charge in [0, 0.05) is 23.1 Å². The highest BCUT2D eigenvalue weighted by Gasteiger charge is 2.23. The summed E-state index contributed by atoms with van der Waals surface area (Å²) in [5, 5.41) is 14.2. The second kappa shape index (κ2) is 10.0. The number of nitro groups is 1. The van der Waals surface area contributed by atoms with E-state index in [1.54, 1.807) is 24.3 Å². The number of aromatic nitrogens is 1. The lowest BCUT2D eigenvalue weighted by atomic mass is 10.0. The SMILES string of the molecule is COc1ccc([N+](=O)[O-])cc1NC(=O)[C@H](C)OC(=O)c1cc(-c2ccccc2)nc2ccccc12. The average Bonchev–Trinajstić information content (AvgIpc) is 2.88. The van der Waals surface area contributed by atoms with E-state index in [0.717, 1.165) is 5.56 Å². The van der Waals surface area contributed by atoms with Crippen LogP contribution in [0.1, 0.15) is 17.3 Å². The summed E-state index contributed by atoms with van der Waals surface area (Å²) < 4.78 is 10.6. The summed E-state index contributed by atoms with van der Waals surface area (Å²) in [6.07, 6.45) is -1.20. The largest absolute Gasteiger partial charge is 0.495 e. The molecule has 4 rings (SSSR count). The van der Waals surface area contributed by atoms with Gasteiger partial charge in [-0.25, -0.2) is 9.78 Å². The van der Waals surface area contributed by atoms with E-state index < -0.39 is 22.9 Å². The van der Waals surface area contributed by atoms with Gasteiger partial charge >= 0.3 is 5.97 Å². The van der Waals surface area contributed by atoms with Gasteiger partial charge in [0.2, 0.25) is 0 Å². The Labute approximate surface area is 200 Å². The van der Waals surface area contributed by atoms with Crippen molar-refractivity contribution in [3.05, 3.63) is 94.5 Å². The standard InChI is InChI=1S/C26H21N3O6/c1-16(25(30)28-23-14-18(29(32)33)12-13-24(23)34-2)35-26(31)20-15-22(17-8-4-3-5-9-17)27-21-11-7-6-10-19(20)21/h3-16H,1-2H3,(H,28,30)/t16-/m0/s1. The van der Waals surface area contributed by atoms with Crippen LogP contribution in [0.15, 0.2) is 78.9 Å². The van der Waals surface area contributed by atoms with Gasteiger partial charge in [0.25, 0.3) is 11.6 Å². The summed E-state index contributed by atoms with van der Waals surface area (Å²) in [4.78, 5) is 41.0. The Hall–Kier alpha value is -4.79. The van der Waals surface area contributed by atoms with Crippen LogP contribution in [0.25, 0.3) is 22.2 Å². The third-order valence-corrected chi connectivity index (χ3v) is 5.31. The molecule has 0 spiro atoms. The number of rotatable bonds is 7. The molecular weight excluding hydrogens is 450 g/mol. The predicted octanol–water partition coefficient (Wildman–Crippen LogP) is 5.00. The van der Waals surface area contributed by atoms with Crippen LogP contribution < -0.4 is 10.1 Å². The van der Waals surface area contributed by atoms with Gasteiger partial charge in [-0.1, -0.05) is 48.5 Å². The molecule has 0 aliphatic heterocycles. The van der Waals surface area contributed by atoms with Crippen molar-refractivity contribution in [2.45, 2.75) is 13.0 Å². The number of anilines is 1. The number of nitrogens with one attached hydrogen (secondary N) is 1. The van der Waals surface area contributed by atoms with Gasteiger partial charge in [-0.15, -0.1) is 0 Å². The molecule has 35 heavy (non-hydrogen) atoms. The van der Waals surface area contributed by atoms with Crippen LogP contribution in [0, 0.1) is 10.1 Å². The number of carbonyl (C=O) groups is 2. The van der Waals surface area contributed by atoms with Crippen molar-refractivity contribution in [3.8, 4) is 17.0 Å². The molecule has 0 bridgehead atoms. The second-order valence-corrected chi connectivity index (χ2v) is 7.62. The van der Waals surface area contributed by atoms with Crippen LogP contribution in [0.4, 0.5) is 11.4 Å². The smallest absolute Gasteiger partial charge is 0.339 e. The summed E-state index contributed by atoms with van der Waals surface area (Å²) in [6, 6.07) is 22.0. The number of hydrogen-bond acceptors (Lipinski definition) is 7. The van der Waals surface area contributed by atoms with E-state index in [0.29, 0.717) is 16.6 Å². The minimum atomic E-state index is -1.20. The molecule has 0 saturated carbocycles. The maximum atomic E-state index is 13.1. The lowest BCUT2D eigenvalue weighted by molar-refractivity contribution is -0.384. The van der Waals surface area contributed by atoms with Crippen molar-refractivity contribution in [1.29, 1.82) is 0 Å². The summed E-state index contributed by atoms with van der Waals surface area (Å²) in [5.74, 6) is -1.14. The Kier molecular flexibility index (Phi) is 6.68. The van der Waals surface area contributed by atoms with E-state index in [2.05, 4.69) is 10.3 Å². The normalized spacial score (nSPS) is 11.5. The molecule has 0 saturated heterocycles. The molecule has 1 heterocycles. The maximum Gasteiger partial charge on any atom is 0.339 e. The molecule has 3 aromatic carbocycles. The zero-order chi connectivity index (χ0) is 24.9. The predicted molar refractivity (Wildman–Crippen MR) is 130 cm³/mol. The van der Waals surface area contributed by atoms with Crippen molar-refractivity contribution in [1.82, 2.24) is 4.98 Å². The number of nitro benzene ring substituents is 1. The Morgan fingerprint density at radius 1 is 1.00 bits per heavy atom. The summed E-state index contributed by atoms with van der Waals surface area (Å²) in [7, 11) is 1.37. The molecule has 0 radical (unpaired) electrons. The zero-order valence-corrected chi connectivity index (χ0v) is 18.9. The van der Waals surface area contributed by atoms with Crippen molar-refractivity contribution < 1.29 is 24.0 Å². The number of non-ortho nitro benzene ring substituents is 1.